The number of amidine groups is 1. The molecule has 0 radical (unpaired) electrons. The third kappa shape index (κ3) is 3.70. The molecule has 3 rings (SSSR count). The van der Waals surface area contributed by atoms with Gasteiger partial charge in [0.25, 0.3) is 0 Å². The summed E-state index contributed by atoms with van der Waals surface area (Å²) >= 11 is 1.55. The average Bonchev–Trinajstić information content (AvgIpc) is 3.27. The molecule has 1 aromatic carbocycles. The second-order valence-corrected chi connectivity index (χ2v) is 5.41. The molecule has 0 fully saturated rings. The molecular formula is C16H15N3O3S. The molecule has 0 aliphatic carbocycles. The summed E-state index contributed by atoms with van der Waals surface area (Å²) in [5, 5.41) is 7.70. The number of oxazole rings is 1. The molecule has 0 bridgehead atoms. The van der Waals surface area contributed by atoms with E-state index in [-0.39, 0.29) is 6.61 Å². The second kappa shape index (κ2) is 6.97. The number of oxime groups is 1. The van der Waals surface area contributed by atoms with Crippen LogP contribution < -0.4 is 10.5 Å². The van der Waals surface area contributed by atoms with Gasteiger partial charge in [-0.15, -0.1) is 0 Å². The van der Waals surface area contributed by atoms with Crippen molar-refractivity contribution >= 4 is 17.2 Å². The molecule has 0 saturated carbocycles. The Bertz CT molecular complexity index is 779. The molecule has 118 valence electrons. The van der Waals surface area contributed by atoms with E-state index in [9.17, 15) is 0 Å². The van der Waals surface area contributed by atoms with E-state index in [1.807, 2.05) is 41.1 Å². The summed E-state index contributed by atoms with van der Waals surface area (Å²) in [5.41, 5.74) is 8.14. The number of hydrogen-bond acceptors (Lipinski definition) is 6. The topological polar surface area (TPSA) is 82.9 Å². The van der Waals surface area contributed by atoms with Crippen LogP contribution >= 0.6 is 11.3 Å². The first kappa shape index (κ1) is 15.1. The predicted molar refractivity (Wildman–Crippen MR) is 88.3 cm³/mol. The highest BCUT2D eigenvalue weighted by molar-refractivity contribution is 7.08. The molecule has 0 amide bonds. The molecule has 2 aromatic heterocycles. The fourth-order valence-electron chi connectivity index (χ4n) is 1.87. The van der Waals surface area contributed by atoms with E-state index in [1.54, 1.807) is 18.4 Å². The van der Waals surface area contributed by atoms with Gasteiger partial charge in [-0.3, -0.25) is 0 Å². The smallest absolute Gasteiger partial charge is 0.226 e. The Hall–Kier alpha value is -2.80. The van der Waals surface area contributed by atoms with Crippen LogP contribution in [0.2, 0.25) is 0 Å². The SMILES string of the molecule is COc1ccc(-c2nc(CO/N=C(/N)c3ccsc3)co2)cc1. The van der Waals surface area contributed by atoms with Gasteiger partial charge in [-0.1, -0.05) is 5.16 Å². The first-order valence-corrected chi connectivity index (χ1v) is 7.77. The number of benzene rings is 1. The number of aromatic nitrogens is 1. The van der Waals surface area contributed by atoms with Gasteiger partial charge >= 0.3 is 0 Å². The molecule has 0 aliphatic heterocycles. The number of thiophene rings is 1. The molecule has 2 N–H and O–H groups in total. The Morgan fingerprint density at radius 3 is 2.83 bits per heavy atom. The first-order chi connectivity index (χ1) is 11.3. The number of methoxy groups -OCH3 is 1. The molecule has 3 aromatic rings. The van der Waals surface area contributed by atoms with E-state index < -0.39 is 0 Å². The van der Waals surface area contributed by atoms with E-state index in [1.165, 1.54) is 6.26 Å². The highest BCUT2D eigenvalue weighted by Gasteiger charge is 2.07. The minimum Gasteiger partial charge on any atom is -0.497 e. The quantitative estimate of drug-likeness (QED) is 0.426. The van der Waals surface area contributed by atoms with Crippen LogP contribution in [0.3, 0.4) is 0 Å². The van der Waals surface area contributed by atoms with Crippen molar-refractivity contribution in [1.82, 2.24) is 4.98 Å². The third-order valence-corrected chi connectivity index (χ3v) is 3.76. The van der Waals surface area contributed by atoms with Crippen molar-refractivity contribution in [2.75, 3.05) is 7.11 Å². The summed E-state index contributed by atoms with van der Waals surface area (Å²) in [6.07, 6.45) is 1.54. The van der Waals surface area contributed by atoms with Gasteiger partial charge in [0.15, 0.2) is 12.4 Å². The van der Waals surface area contributed by atoms with Gasteiger partial charge in [0.1, 0.15) is 17.7 Å². The van der Waals surface area contributed by atoms with Crippen LogP contribution in [0.15, 0.2) is 56.9 Å². The number of nitrogens with zero attached hydrogens (tertiary/aromatic N) is 2. The molecule has 2 heterocycles. The first-order valence-electron chi connectivity index (χ1n) is 6.83. The minimum atomic E-state index is 0.185. The second-order valence-electron chi connectivity index (χ2n) is 4.63. The summed E-state index contributed by atoms with van der Waals surface area (Å²) < 4.78 is 10.6. The van der Waals surface area contributed by atoms with Gasteiger partial charge in [0.05, 0.1) is 7.11 Å². The Morgan fingerprint density at radius 1 is 1.30 bits per heavy atom. The molecule has 6 nitrogen and oxygen atoms in total. The fourth-order valence-corrected chi connectivity index (χ4v) is 2.52. The maximum absolute atomic E-state index is 5.80. The number of hydrogen-bond donors (Lipinski definition) is 1. The van der Waals surface area contributed by atoms with Crippen molar-refractivity contribution in [2.45, 2.75) is 6.61 Å². The summed E-state index contributed by atoms with van der Waals surface area (Å²) in [4.78, 5) is 9.57. The van der Waals surface area contributed by atoms with Gasteiger partial charge in [-0.05, 0) is 35.7 Å². The molecule has 0 saturated heterocycles. The largest absolute Gasteiger partial charge is 0.497 e. The zero-order valence-electron chi connectivity index (χ0n) is 12.4. The standard InChI is InChI=1S/C16H15N3O3S/c1-20-14-4-2-11(3-5-14)16-18-13(8-21-16)9-22-19-15(17)12-6-7-23-10-12/h2-8,10H,9H2,1H3,(H2,17,19). The molecular weight excluding hydrogens is 314 g/mol. The maximum atomic E-state index is 5.80. The maximum Gasteiger partial charge on any atom is 0.226 e. The number of rotatable bonds is 6. The van der Waals surface area contributed by atoms with Crippen LogP contribution in [0.5, 0.6) is 5.75 Å². The van der Waals surface area contributed by atoms with Crippen LogP contribution in [0, 0.1) is 0 Å². The van der Waals surface area contributed by atoms with Crippen molar-refractivity contribution in [3.05, 3.63) is 58.6 Å². The molecule has 0 spiro atoms. The van der Waals surface area contributed by atoms with Crippen LogP contribution in [0.25, 0.3) is 11.5 Å². The summed E-state index contributed by atoms with van der Waals surface area (Å²) in [6.45, 7) is 0.185. The van der Waals surface area contributed by atoms with Crippen molar-refractivity contribution in [1.29, 1.82) is 0 Å². The van der Waals surface area contributed by atoms with Crippen molar-refractivity contribution in [2.24, 2.45) is 10.9 Å². The monoisotopic (exact) mass is 329 g/mol. The number of nitrogens with two attached hydrogens (primary N) is 1. The van der Waals surface area contributed by atoms with E-state index in [0.29, 0.717) is 17.4 Å². The molecule has 0 unspecified atom stereocenters. The minimum absolute atomic E-state index is 0.185. The zero-order chi connectivity index (χ0) is 16.1. The average molecular weight is 329 g/mol. The number of ether oxygens (including phenoxy) is 1. The highest BCUT2D eigenvalue weighted by atomic mass is 32.1. The lowest BCUT2D eigenvalue weighted by Gasteiger charge is -1.99. The lowest BCUT2D eigenvalue weighted by atomic mass is 10.2. The fraction of sp³-hybridized carbons (Fsp3) is 0.125. The van der Waals surface area contributed by atoms with E-state index in [0.717, 1.165) is 16.9 Å². The zero-order valence-corrected chi connectivity index (χ0v) is 13.2. The molecule has 0 atom stereocenters. The van der Waals surface area contributed by atoms with Crippen molar-refractivity contribution < 1.29 is 14.0 Å². The van der Waals surface area contributed by atoms with E-state index >= 15 is 0 Å². The predicted octanol–water partition coefficient (Wildman–Crippen LogP) is 3.25. The molecule has 0 aliphatic rings. The lowest BCUT2D eigenvalue weighted by molar-refractivity contribution is 0.127. The van der Waals surface area contributed by atoms with Crippen molar-refractivity contribution in [3.8, 4) is 17.2 Å². The van der Waals surface area contributed by atoms with Crippen LogP contribution in [0.4, 0.5) is 0 Å². The Balaban J connectivity index is 1.62. The van der Waals surface area contributed by atoms with Gasteiger partial charge in [0, 0.05) is 16.5 Å². The summed E-state index contributed by atoms with van der Waals surface area (Å²) in [5.74, 6) is 1.63. The third-order valence-electron chi connectivity index (χ3n) is 3.08. The van der Waals surface area contributed by atoms with E-state index in [4.69, 9.17) is 19.7 Å². The summed E-state index contributed by atoms with van der Waals surface area (Å²) in [6, 6.07) is 9.33. The Morgan fingerprint density at radius 2 is 2.13 bits per heavy atom. The van der Waals surface area contributed by atoms with Crippen molar-refractivity contribution in [3.63, 3.8) is 0 Å². The lowest BCUT2D eigenvalue weighted by Crippen LogP contribution is -2.12. The summed E-state index contributed by atoms with van der Waals surface area (Å²) in [7, 11) is 1.62. The van der Waals surface area contributed by atoms with Gasteiger partial charge in [-0.25, -0.2) is 4.98 Å². The Kier molecular flexibility index (Phi) is 4.58. The Labute approximate surface area is 137 Å². The molecule has 23 heavy (non-hydrogen) atoms. The highest BCUT2D eigenvalue weighted by Crippen LogP contribution is 2.22. The van der Waals surface area contributed by atoms with Gasteiger partial charge < -0.3 is 19.7 Å². The van der Waals surface area contributed by atoms with Gasteiger partial charge in [-0.2, -0.15) is 11.3 Å². The van der Waals surface area contributed by atoms with Gasteiger partial charge in [0.2, 0.25) is 5.89 Å². The van der Waals surface area contributed by atoms with E-state index in [2.05, 4.69) is 10.1 Å². The normalized spacial score (nSPS) is 11.4. The van der Waals surface area contributed by atoms with Crippen LogP contribution in [0.1, 0.15) is 11.3 Å². The molecule has 7 heteroatoms. The van der Waals surface area contributed by atoms with Crippen LogP contribution in [-0.2, 0) is 11.4 Å². The van der Waals surface area contributed by atoms with Crippen LogP contribution in [-0.4, -0.2) is 17.9 Å².